The lowest BCUT2D eigenvalue weighted by Gasteiger charge is -2.32. The van der Waals surface area contributed by atoms with Crippen LogP contribution in [0.5, 0.6) is 5.75 Å². The van der Waals surface area contributed by atoms with Crippen molar-refractivity contribution in [1.29, 1.82) is 0 Å². The molecule has 5 heteroatoms. The molecule has 0 unspecified atom stereocenters. The summed E-state index contributed by atoms with van der Waals surface area (Å²) in [6, 6.07) is 5.52. The van der Waals surface area contributed by atoms with E-state index in [-0.39, 0.29) is 11.7 Å². The van der Waals surface area contributed by atoms with Gasteiger partial charge in [0.1, 0.15) is 5.75 Å². The largest absolute Gasteiger partial charge is 0.507 e. The number of phenols is 1. The van der Waals surface area contributed by atoms with Gasteiger partial charge >= 0.3 is 0 Å². The van der Waals surface area contributed by atoms with Crippen LogP contribution in [0.4, 0.5) is 0 Å². The number of rotatable bonds is 4. The van der Waals surface area contributed by atoms with Crippen LogP contribution < -0.4 is 5.32 Å². The second kappa shape index (κ2) is 6.36. The third-order valence-electron chi connectivity index (χ3n) is 4.36. The lowest BCUT2D eigenvalue weighted by Crippen LogP contribution is -2.45. The molecule has 0 radical (unpaired) electrons. The number of amides is 1. The van der Waals surface area contributed by atoms with Crippen LogP contribution >= 0.6 is 15.9 Å². The van der Waals surface area contributed by atoms with E-state index < -0.39 is 0 Å². The summed E-state index contributed by atoms with van der Waals surface area (Å²) in [4.78, 5) is 14.3. The second-order valence-electron chi connectivity index (χ2n) is 6.08. The van der Waals surface area contributed by atoms with E-state index in [1.165, 1.54) is 12.8 Å². The smallest absolute Gasteiger partial charge is 0.257 e. The number of halogens is 1. The minimum absolute atomic E-state index is 0.0529. The SMILES string of the molecule is O=C(c1cc(Br)ccc1O)N1CCC(NCC2CC2)CC1. The fraction of sp³-hybridized carbons (Fsp3) is 0.562. The van der Waals surface area contributed by atoms with Crippen molar-refractivity contribution in [2.75, 3.05) is 19.6 Å². The molecule has 0 bridgehead atoms. The Morgan fingerprint density at radius 3 is 2.67 bits per heavy atom. The Hall–Kier alpha value is -1.07. The predicted molar refractivity (Wildman–Crippen MR) is 85.5 cm³/mol. The Balaban J connectivity index is 1.55. The molecular weight excluding hydrogens is 332 g/mol. The quantitative estimate of drug-likeness (QED) is 0.875. The average Bonchev–Trinajstić information content (AvgIpc) is 3.32. The van der Waals surface area contributed by atoms with Gasteiger partial charge in [0, 0.05) is 23.6 Å². The number of piperidine rings is 1. The van der Waals surface area contributed by atoms with E-state index in [0.717, 1.165) is 42.9 Å². The average molecular weight is 353 g/mol. The second-order valence-corrected chi connectivity index (χ2v) is 7.00. The predicted octanol–water partition coefficient (Wildman–Crippen LogP) is 2.76. The van der Waals surface area contributed by atoms with Crippen LogP contribution in [-0.4, -0.2) is 41.6 Å². The number of benzene rings is 1. The number of hydrogen-bond donors (Lipinski definition) is 2. The van der Waals surface area contributed by atoms with Crippen molar-refractivity contribution in [2.24, 2.45) is 5.92 Å². The molecule has 0 atom stereocenters. The molecule has 1 saturated heterocycles. The normalized spacial score (nSPS) is 19.8. The van der Waals surface area contributed by atoms with Gasteiger partial charge in [0.25, 0.3) is 5.91 Å². The zero-order valence-corrected chi connectivity index (χ0v) is 13.6. The number of hydrogen-bond acceptors (Lipinski definition) is 3. The number of aromatic hydroxyl groups is 1. The maximum atomic E-state index is 12.5. The molecule has 1 aromatic rings. The molecule has 1 saturated carbocycles. The van der Waals surface area contributed by atoms with E-state index in [2.05, 4.69) is 21.2 Å². The van der Waals surface area contributed by atoms with Gasteiger partial charge in [-0.3, -0.25) is 4.79 Å². The summed E-state index contributed by atoms with van der Waals surface area (Å²) in [6.45, 7) is 2.64. The van der Waals surface area contributed by atoms with Crippen molar-refractivity contribution >= 4 is 21.8 Å². The van der Waals surface area contributed by atoms with Gasteiger partial charge in [-0.25, -0.2) is 0 Å². The summed E-state index contributed by atoms with van der Waals surface area (Å²) in [5.74, 6) is 0.870. The molecule has 1 amide bonds. The first-order valence-electron chi connectivity index (χ1n) is 7.64. The van der Waals surface area contributed by atoms with Crippen LogP contribution in [0.3, 0.4) is 0 Å². The van der Waals surface area contributed by atoms with Crippen LogP contribution in [0.2, 0.25) is 0 Å². The highest BCUT2D eigenvalue weighted by Gasteiger charge is 2.27. The monoisotopic (exact) mass is 352 g/mol. The molecule has 0 spiro atoms. The summed E-state index contributed by atoms with van der Waals surface area (Å²) in [7, 11) is 0. The molecule has 1 aliphatic heterocycles. The van der Waals surface area contributed by atoms with E-state index in [1.807, 2.05) is 4.90 Å². The van der Waals surface area contributed by atoms with Crippen molar-refractivity contribution in [1.82, 2.24) is 10.2 Å². The van der Waals surface area contributed by atoms with Crippen LogP contribution in [0.15, 0.2) is 22.7 Å². The Bertz CT molecular complexity index is 523. The Kier molecular flexibility index (Phi) is 4.50. The zero-order valence-electron chi connectivity index (χ0n) is 12.0. The standard InChI is InChI=1S/C16H21BrN2O2/c17-12-3-4-15(20)14(9-12)16(21)19-7-5-13(6-8-19)18-10-11-1-2-11/h3-4,9,11,13,18,20H,1-2,5-8,10H2. The lowest BCUT2D eigenvalue weighted by molar-refractivity contribution is 0.0702. The Morgan fingerprint density at radius 1 is 1.29 bits per heavy atom. The van der Waals surface area contributed by atoms with Crippen molar-refractivity contribution in [3.05, 3.63) is 28.2 Å². The van der Waals surface area contributed by atoms with E-state index >= 15 is 0 Å². The Labute approximate surface area is 133 Å². The van der Waals surface area contributed by atoms with Gasteiger partial charge in [-0.2, -0.15) is 0 Å². The number of carbonyl (C=O) groups is 1. The highest BCUT2D eigenvalue weighted by atomic mass is 79.9. The molecule has 1 heterocycles. The van der Waals surface area contributed by atoms with Crippen molar-refractivity contribution in [3.8, 4) is 5.75 Å². The van der Waals surface area contributed by atoms with Crippen LogP contribution in [0.1, 0.15) is 36.0 Å². The van der Waals surface area contributed by atoms with Gasteiger partial charge in [0.15, 0.2) is 0 Å². The van der Waals surface area contributed by atoms with E-state index in [9.17, 15) is 9.90 Å². The van der Waals surface area contributed by atoms with Gasteiger partial charge in [-0.15, -0.1) is 0 Å². The molecule has 4 nitrogen and oxygen atoms in total. The number of nitrogens with zero attached hydrogens (tertiary/aromatic N) is 1. The molecule has 0 aromatic heterocycles. The van der Waals surface area contributed by atoms with Crippen LogP contribution in [-0.2, 0) is 0 Å². The minimum Gasteiger partial charge on any atom is -0.507 e. The number of carbonyl (C=O) groups excluding carboxylic acids is 1. The van der Waals surface area contributed by atoms with Crippen LogP contribution in [0.25, 0.3) is 0 Å². The molecule has 1 aromatic carbocycles. The molecule has 114 valence electrons. The maximum Gasteiger partial charge on any atom is 0.257 e. The van der Waals surface area contributed by atoms with Gasteiger partial charge in [-0.1, -0.05) is 15.9 Å². The third kappa shape index (κ3) is 3.77. The first kappa shape index (κ1) is 14.9. The van der Waals surface area contributed by atoms with Crippen LogP contribution in [0, 0.1) is 5.92 Å². The summed E-state index contributed by atoms with van der Waals surface area (Å²) in [5.41, 5.74) is 0.383. The number of nitrogens with one attached hydrogen (secondary N) is 1. The van der Waals surface area contributed by atoms with E-state index in [1.54, 1.807) is 18.2 Å². The first-order chi connectivity index (χ1) is 10.1. The molecule has 3 rings (SSSR count). The van der Waals surface area contributed by atoms with Gasteiger partial charge in [0.2, 0.25) is 0 Å². The van der Waals surface area contributed by atoms with Gasteiger partial charge in [0.05, 0.1) is 5.56 Å². The van der Waals surface area contributed by atoms with Crippen molar-refractivity contribution in [2.45, 2.75) is 31.7 Å². The first-order valence-corrected chi connectivity index (χ1v) is 8.44. The molecular formula is C16H21BrN2O2. The zero-order chi connectivity index (χ0) is 14.8. The third-order valence-corrected chi connectivity index (χ3v) is 4.86. The summed E-state index contributed by atoms with van der Waals surface area (Å²) in [5, 5.41) is 13.5. The minimum atomic E-state index is -0.0746. The molecule has 2 N–H and O–H groups in total. The Morgan fingerprint density at radius 2 is 2.00 bits per heavy atom. The highest BCUT2D eigenvalue weighted by molar-refractivity contribution is 9.10. The van der Waals surface area contributed by atoms with E-state index in [4.69, 9.17) is 0 Å². The number of phenolic OH excluding ortho intramolecular Hbond substituents is 1. The lowest BCUT2D eigenvalue weighted by atomic mass is 10.0. The number of likely N-dealkylation sites (tertiary alicyclic amines) is 1. The highest BCUT2D eigenvalue weighted by Crippen LogP contribution is 2.28. The van der Waals surface area contributed by atoms with E-state index in [0.29, 0.717) is 11.6 Å². The summed E-state index contributed by atoms with van der Waals surface area (Å²) < 4.78 is 0.810. The fourth-order valence-corrected chi connectivity index (χ4v) is 3.15. The molecule has 2 fully saturated rings. The topological polar surface area (TPSA) is 52.6 Å². The summed E-state index contributed by atoms with van der Waals surface area (Å²) >= 11 is 3.35. The fourth-order valence-electron chi connectivity index (χ4n) is 2.79. The summed E-state index contributed by atoms with van der Waals surface area (Å²) in [6.07, 6.45) is 4.72. The molecule has 1 aliphatic carbocycles. The molecule has 21 heavy (non-hydrogen) atoms. The molecule has 2 aliphatic rings. The van der Waals surface area contributed by atoms with Crippen molar-refractivity contribution < 1.29 is 9.90 Å². The van der Waals surface area contributed by atoms with Gasteiger partial charge < -0.3 is 15.3 Å². The maximum absolute atomic E-state index is 12.5. The van der Waals surface area contributed by atoms with Gasteiger partial charge in [-0.05, 0) is 56.3 Å². The van der Waals surface area contributed by atoms with Crippen molar-refractivity contribution in [3.63, 3.8) is 0 Å².